The Bertz CT molecular complexity index is 853. The highest BCUT2D eigenvalue weighted by Crippen LogP contribution is 2.24. The number of rotatable bonds is 4. The number of benzene rings is 2. The largest absolute Gasteiger partial charge is 0.399 e. The van der Waals surface area contributed by atoms with Crippen LogP contribution in [0.4, 0.5) is 0 Å². The van der Waals surface area contributed by atoms with Crippen molar-refractivity contribution in [2.45, 2.75) is 19.8 Å². The molecule has 1 heterocycles. The summed E-state index contributed by atoms with van der Waals surface area (Å²) >= 11 is 0. The third-order valence-corrected chi connectivity index (χ3v) is 3.88. The van der Waals surface area contributed by atoms with E-state index in [4.69, 9.17) is 4.84 Å². The second-order valence-corrected chi connectivity index (χ2v) is 5.78. The van der Waals surface area contributed by atoms with Gasteiger partial charge in [-0.1, -0.05) is 61.5 Å². The van der Waals surface area contributed by atoms with Gasteiger partial charge in [0, 0.05) is 22.7 Å². The number of hydrogen-bond donors (Lipinski definition) is 0. The summed E-state index contributed by atoms with van der Waals surface area (Å²) in [4.78, 5) is 9.67. The number of oxime groups is 1. The first-order valence-corrected chi connectivity index (χ1v) is 7.76. The van der Waals surface area contributed by atoms with Gasteiger partial charge < -0.3 is 4.84 Å². The van der Waals surface area contributed by atoms with Crippen LogP contribution in [0.2, 0.25) is 0 Å². The van der Waals surface area contributed by atoms with E-state index in [0.29, 0.717) is 5.92 Å². The van der Waals surface area contributed by atoms with Gasteiger partial charge in [0.25, 0.3) is 0 Å². The van der Waals surface area contributed by atoms with Gasteiger partial charge in [-0.3, -0.25) is 4.98 Å². The second kappa shape index (κ2) is 6.61. The minimum absolute atomic E-state index is 0.404. The van der Waals surface area contributed by atoms with E-state index in [2.05, 4.69) is 54.3 Å². The first kappa shape index (κ1) is 15.2. The Kier molecular flexibility index (Phi) is 4.38. The van der Waals surface area contributed by atoms with E-state index in [9.17, 15) is 0 Å². The normalized spacial score (nSPS) is 11.9. The van der Waals surface area contributed by atoms with Crippen molar-refractivity contribution in [3.05, 3.63) is 77.5 Å². The average Bonchev–Trinajstić information content (AvgIpc) is 2.59. The van der Waals surface area contributed by atoms with Crippen LogP contribution in [-0.4, -0.2) is 17.8 Å². The topological polar surface area (TPSA) is 34.5 Å². The van der Waals surface area contributed by atoms with Crippen LogP contribution in [0, 0.1) is 0 Å². The van der Waals surface area contributed by atoms with Crippen LogP contribution >= 0.6 is 0 Å². The van der Waals surface area contributed by atoms with Crippen molar-refractivity contribution < 1.29 is 4.84 Å². The first-order chi connectivity index (χ1) is 11.2. The molecule has 0 radical (unpaired) electrons. The molecular formula is C20H20N2O. The Morgan fingerprint density at radius 2 is 1.78 bits per heavy atom. The van der Waals surface area contributed by atoms with Gasteiger partial charge in [-0.05, 0) is 23.6 Å². The highest BCUT2D eigenvalue weighted by atomic mass is 16.6. The van der Waals surface area contributed by atoms with Gasteiger partial charge in [-0.2, -0.15) is 0 Å². The van der Waals surface area contributed by atoms with Gasteiger partial charge in [0.2, 0.25) is 0 Å². The van der Waals surface area contributed by atoms with Crippen molar-refractivity contribution in [3.8, 4) is 0 Å². The van der Waals surface area contributed by atoms with E-state index in [1.807, 2.05) is 30.5 Å². The van der Waals surface area contributed by atoms with Crippen molar-refractivity contribution in [3.63, 3.8) is 0 Å². The molecule has 0 aliphatic rings. The van der Waals surface area contributed by atoms with Gasteiger partial charge in [-0.15, -0.1) is 0 Å². The maximum absolute atomic E-state index is 5.12. The van der Waals surface area contributed by atoms with E-state index in [1.54, 1.807) is 7.11 Å². The van der Waals surface area contributed by atoms with Crippen molar-refractivity contribution in [2.24, 2.45) is 5.16 Å². The quantitative estimate of drug-likeness (QED) is 0.514. The maximum Gasteiger partial charge on any atom is 0.119 e. The minimum atomic E-state index is 0.404. The molecule has 0 atom stereocenters. The molecule has 3 nitrogen and oxygen atoms in total. The lowest BCUT2D eigenvalue weighted by atomic mass is 9.92. The fourth-order valence-electron chi connectivity index (χ4n) is 2.77. The van der Waals surface area contributed by atoms with E-state index >= 15 is 0 Å². The zero-order valence-electron chi connectivity index (χ0n) is 13.7. The summed E-state index contributed by atoms with van der Waals surface area (Å²) in [5, 5.41) is 5.38. The molecule has 116 valence electrons. The molecule has 0 spiro atoms. The van der Waals surface area contributed by atoms with Crippen LogP contribution in [0.5, 0.6) is 0 Å². The van der Waals surface area contributed by atoms with Gasteiger partial charge in [0.1, 0.15) is 12.8 Å². The predicted molar refractivity (Wildman–Crippen MR) is 94.9 cm³/mol. The summed E-state index contributed by atoms with van der Waals surface area (Å²) in [7, 11) is 1.58. The molecule has 0 saturated carbocycles. The van der Waals surface area contributed by atoms with E-state index in [-0.39, 0.29) is 0 Å². The number of hydrogen-bond acceptors (Lipinski definition) is 3. The smallest absolute Gasteiger partial charge is 0.119 e. The number of nitrogens with zero attached hydrogens (tertiary/aromatic N) is 2. The van der Waals surface area contributed by atoms with Gasteiger partial charge in [0.05, 0.1) is 5.52 Å². The SMILES string of the molecule is CON=C(c1cnc2ccccc2c1)c1ccccc1C(C)C. The molecular weight excluding hydrogens is 284 g/mol. The predicted octanol–water partition coefficient (Wildman–Crippen LogP) is 4.76. The summed E-state index contributed by atoms with van der Waals surface area (Å²) in [5.74, 6) is 0.404. The maximum atomic E-state index is 5.12. The van der Waals surface area contributed by atoms with E-state index < -0.39 is 0 Å². The Morgan fingerprint density at radius 1 is 1.04 bits per heavy atom. The Hall–Kier alpha value is -2.68. The lowest BCUT2D eigenvalue weighted by molar-refractivity contribution is 0.214. The van der Waals surface area contributed by atoms with Crippen molar-refractivity contribution in [1.29, 1.82) is 0 Å². The molecule has 3 rings (SSSR count). The molecule has 3 aromatic rings. The Morgan fingerprint density at radius 3 is 2.57 bits per heavy atom. The summed E-state index contributed by atoms with van der Waals surface area (Å²) in [6.07, 6.45) is 1.86. The van der Waals surface area contributed by atoms with Crippen LogP contribution in [0.25, 0.3) is 10.9 Å². The monoisotopic (exact) mass is 304 g/mol. The van der Waals surface area contributed by atoms with Crippen LogP contribution in [0.1, 0.15) is 36.5 Å². The molecule has 0 aliphatic carbocycles. The van der Waals surface area contributed by atoms with Gasteiger partial charge >= 0.3 is 0 Å². The van der Waals surface area contributed by atoms with Crippen molar-refractivity contribution in [1.82, 2.24) is 4.98 Å². The summed E-state index contributed by atoms with van der Waals surface area (Å²) in [5.41, 5.74) is 5.08. The third-order valence-electron chi connectivity index (χ3n) is 3.88. The lowest BCUT2D eigenvalue weighted by Gasteiger charge is -2.14. The minimum Gasteiger partial charge on any atom is -0.399 e. The average molecular weight is 304 g/mol. The fourth-order valence-corrected chi connectivity index (χ4v) is 2.77. The second-order valence-electron chi connectivity index (χ2n) is 5.78. The highest BCUT2D eigenvalue weighted by molar-refractivity contribution is 6.14. The molecule has 0 amide bonds. The van der Waals surface area contributed by atoms with Gasteiger partial charge in [0.15, 0.2) is 0 Å². The summed E-state index contributed by atoms with van der Waals surface area (Å²) < 4.78 is 0. The molecule has 0 aliphatic heterocycles. The number of aromatic nitrogens is 1. The van der Waals surface area contributed by atoms with Crippen LogP contribution in [0.3, 0.4) is 0 Å². The molecule has 0 saturated heterocycles. The summed E-state index contributed by atoms with van der Waals surface area (Å²) in [6, 6.07) is 18.5. The van der Waals surface area contributed by atoms with E-state index in [0.717, 1.165) is 27.7 Å². The molecule has 23 heavy (non-hydrogen) atoms. The van der Waals surface area contributed by atoms with E-state index in [1.165, 1.54) is 5.56 Å². The molecule has 0 fully saturated rings. The third kappa shape index (κ3) is 3.09. The summed E-state index contributed by atoms with van der Waals surface area (Å²) in [6.45, 7) is 4.36. The zero-order chi connectivity index (χ0) is 16.2. The Labute approximate surface area is 136 Å². The molecule has 1 aromatic heterocycles. The standard InChI is InChI=1S/C20H20N2O/c1-14(2)17-9-5-6-10-18(17)20(22-23-3)16-12-15-8-4-7-11-19(15)21-13-16/h4-14H,1-3H3. The highest BCUT2D eigenvalue weighted by Gasteiger charge is 2.15. The molecule has 0 bridgehead atoms. The number of fused-ring (bicyclic) bond motifs is 1. The molecule has 3 heteroatoms. The van der Waals surface area contributed by atoms with Gasteiger partial charge in [-0.25, -0.2) is 0 Å². The lowest BCUT2D eigenvalue weighted by Crippen LogP contribution is -2.09. The number of pyridine rings is 1. The molecule has 2 aromatic carbocycles. The van der Waals surface area contributed by atoms with Crippen LogP contribution in [0.15, 0.2) is 65.9 Å². The fraction of sp³-hybridized carbons (Fsp3) is 0.200. The first-order valence-electron chi connectivity index (χ1n) is 7.76. The molecule has 0 N–H and O–H groups in total. The zero-order valence-corrected chi connectivity index (χ0v) is 13.7. The van der Waals surface area contributed by atoms with Crippen LogP contribution in [-0.2, 0) is 4.84 Å². The number of para-hydroxylation sites is 1. The van der Waals surface area contributed by atoms with Crippen molar-refractivity contribution >= 4 is 16.6 Å². The van der Waals surface area contributed by atoms with Crippen molar-refractivity contribution in [2.75, 3.05) is 7.11 Å². The molecule has 0 unspecified atom stereocenters. The van der Waals surface area contributed by atoms with Crippen LogP contribution < -0.4 is 0 Å². The Balaban J connectivity index is 2.17.